The zero-order chi connectivity index (χ0) is 23.5. The Labute approximate surface area is 199 Å². The van der Waals surface area contributed by atoms with Crippen molar-refractivity contribution in [3.8, 4) is 22.9 Å². The molecule has 0 aliphatic carbocycles. The Morgan fingerprint density at radius 3 is 2.53 bits per heavy atom. The van der Waals surface area contributed by atoms with Gasteiger partial charge in [-0.25, -0.2) is 4.68 Å². The predicted molar refractivity (Wildman–Crippen MR) is 133 cm³/mol. The van der Waals surface area contributed by atoms with Gasteiger partial charge in [-0.05, 0) is 90.7 Å². The minimum Gasteiger partial charge on any atom is -0.489 e. The monoisotopic (exact) mass is 452 g/mol. The average Bonchev–Trinajstić information content (AvgIpc) is 3.32. The van der Waals surface area contributed by atoms with Gasteiger partial charge in [-0.15, -0.1) is 5.10 Å². The average molecular weight is 453 g/mol. The van der Waals surface area contributed by atoms with Gasteiger partial charge in [-0.3, -0.25) is 0 Å². The van der Waals surface area contributed by atoms with Crippen LogP contribution in [0, 0.1) is 0 Å². The smallest absolute Gasteiger partial charge is 0.182 e. The van der Waals surface area contributed by atoms with Gasteiger partial charge in [-0.1, -0.05) is 42.5 Å². The lowest BCUT2D eigenvalue weighted by Crippen LogP contribution is -2.31. The Bertz CT molecular complexity index is 1310. The lowest BCUT2D eigenvalue weighted by Gasteiger charge is -2.32. The third-order valence-corrected chi connectivity index (χ3v) is 6.27. The van der Waals surface area contributed by atoms with Gasteiger partial charge < -0.3 is 9.47 Å². The lowest BCUT2D eigenvalue weighted by molar-refractivity contribution is 0.145. The molecule has 0 saturated heterocycles. The first-order valence-electron chi connectivity index (χ1n) is 11.5. The Morgan fingerprint density at radius 2 is 1.74 bits per heavy atom. The number of hydrogen-bond acceptors (Lipinski definition) is 5. The van der Waals surface area contributed by atoms with E-state index < -0.39 is 0 Å². The van der Waals surface area contributed by atoms with Crippen molar-refractivity contribution >= 4 is 6.08 Å². The molecule has 3 aromatic carbocycles. The van der Waals surface area contributed by atoms with Crippen LogP contribution in [0.4, 0.5) is 0 Å². The maximum atomic E-state index is 6.15. The summed E-state index contributed by atoms with van der Waals surface area (Å²) < 4.78 is 13.9. The van der Waals surface area contributed by atoms with Crippen molar-refractivity contribution in [1.29, 1.82) is 0 Å². The van der Waals surface area contributed by atoms with Gasteiger partial charge in [-0.2, -0.15) is 0 Å². The summed E-state index contributed by atoms with van der Waals surface area (Å²) in [5.41, 5.74) is 5.27. The molecule has 4 aromatic rings. The molecule has 2 heterocycles. The van der Waals surface area contributed by atoms with E-state index in [2.05, 4.69) is 72.7 Å². The lowest BCUT2D eigenvalue weighted by atomic mass is 9.93. The molecule has 0 amide bonds. The summed E-state index contributed by atoms with van der Waals surface area (Å²) in [5.74, 6) is 2.49. The van der Waals surface area contributed by atoms with Gasteiger partial charge >= 0.3 is 0 Å². The fraction of sp³-hybridized carbons (Fsp3) is 0.250. The number of ether oxygens (including phenoxy) is 2. The van der Waals surface area contributed by atoms with Gasteiger partial charge in [0.25, 0.3) is 0 Å². The topological polar surface area (TPSA) is 62.1 Å². The molecule has 0 spiro atoms. The fourth-order valence-corrected chi connectivity index (χ4v) is 3.95. The molecule has 0 N–H and O–H groups in total. The van der Waals surface area contributed by atoms with E-state index in [0.29, 0.717) is 13.2 Å². The summed E-state index contributed by atoms with van der Waals surface area (Å²) in [6, 6.07) is 24.5. The van der Waals surface area contributed by atoms with E-state index >= 15 is 0 Å². The molecule has 1 aromatic heterocycles. The quantitative estimate of drug-likeness (QED) is 0.358. The van der Waals surface area contributed by atoms with Crippen LogP contribution in [0.25, 0.3) is 17.5 Å². The minimum atomic E-state index is -0.293. The molecule has 172 valence electrons. The number of benzene rings is 3. The molecular formula is C28H28N4O2. The second-order valence-corrected chi connectivity index (χ2v) is 9.09. The van der Waals surface area contributed by atoms with Crippen molar-refractivity contribution in [3.63, 3.8) is 0 Å². The third-order valence-electron chi connectivity index (χ3n) is 6.27. The van der Waals surface area contributed by atoms with Gasteiger partial charge in [0, 0.05) is 17.7 Å². The van der Waals surface area contributed by atoms with E-state index in [0.717, 1.165) is 40.4 Å². The highest BCUT2D eigenvalue weighted by Crippen LogP contribution is 2.37. The summed E-state index contributed by atoms with van der Waals surface area (Å²) >= 11 is 0. The number of tetrazole rings is 1. The minimum absolute atomic E-state index is 0.293. The van der Waals surface area contributed by atoms with Crippen LogP contribution in [0.3, 0.4) is 0 Å². The zero-order valence-corrected chi connectivity index (χ0v) is 19.7. The van der Waals surface area contributed by atoms with E-state index in [-0.39, 0.29) is 5.60 Å². The summed E-state index contributed by atoms with van der Waals surface area (Å²) in [6.45, 7) is 7.50. The van der Waals surface area contributed by atoms with Crippen LogP contribution in [0.5, 0.6) is 11.5 Å². The van der Waals surface area contributed by atoms with Crippen molar-refractivity contribution in [2.75, 3.05) is 0 Å². The number of rotatable bonds is 7. The highest BCUT2D eigenvalue weighted by molar-refractivity contribution is 5.70. The second-order valence-electron chi connectivity index (χ2n) is 9.09. The molecule has 0 radical (unpaired) electrons. The van der Waals surface area contributed by atoms with E-state index in [1.807, 2.05) is 47.1 Å². The molecule has 6 nitrogen and oxygen atoms in total. The van der Waals surface area contributed by atoms with Crippen molar-refractivity contribution in [1.82, 2.24) is 20.2 Å². The van der Waals surface area contributed by atoms with Crippen LogP contribution in [-0.2, 0) is 19.6 Å². The van der Waals surface area contributed by atoms with Gasteiger partial charge in [0.05, 0.1) is 0 Å². The van der Waals surface area contributed by atoms with Gasteiger partial charge in [0.1, 0.15) is 23.7 Å². The predicted octanol–water partition coefficient (Wildman–Crippen LogP) is 5.74. The van der Waals surface area contributed by atoms with Crippen molar-refractivity contribution < 1.29 is 9.47 Å². The molecule has 1 aliphatic rings. The first-order chi connectivity index (χ1) is 16.5. The standard InChI is InChI=1S/C28H28N4O2/c1-20-17-24-18-23(11-14-26(24)34-28(20,2)3)27-29-30-31-32(27)16-15-21-9-12-25(13-10-21)33-19-22-7-5-4-6-8-22/h4-14,17-18H,15-16,19H2,1-3H3. The van der Waals surface area contributed by atoms with Crippen molar-refractivity contribution in [3.05, 3.63) is 95.1 Å². The van der Waals surface area contributed by atoms with Crippen LogP contribution in [0.1, 0.15) is 37.5 Å². The molecule has 0 atom stereocenters. The highest BCUT2D eigenvalue weighted by Gasteiger charge is 2.27. The van der Waals surface area contributed by atoms with Crippen LogP contribution < -0.4 is 9.47 Å². The zero-order valence-electron chi connectivity index (χ0n) is 19.7. The molecule has 0 bridgehead atoms. The molecule has 5 rings (SSSR count). The summed E-state index contributed by atoms with van der Waals surface area (Å²) in [5, 5.41) is 12.4. The van der Waals surface area contributed by atoms with Gasteiger partial charge in [0.2, 0.25) is 0 Å². The molecule has 0 saturated carbocycles. The number of nitrogens with zero attached hydrogens (tertiary/aromatic N) is 4. The Kier molecular flexibility index (Phi) is 5.88. The second kappa shape index (κ2) is 9.14. The van der Waals surface area contributed by atoms with Crippen LogP contribution in [0.15, 0.2) is 78.4 Å². The Balaban J connectivity index is 1.24. The largest absolute Gasteiger partial charge is 0.489 e. The van der Waals surface area contributed by atoms with Gasteiger partial charge in [0.15, 0.2) is 5.82 Å². The van der Waals surface area contributed by atoms with E-state index in [1.54, 1.807) is 0 Å². The molecule has 1 aliphatic heterocycles. The highest BCUT2D eigenvalue weighted by atomic mass is 16.5. The van der Waals surface area contributed by atoms with Crippen molar-refractivity contribution in [2.24, 2.45) is 0 Å². The number of fused-ring (bicyclic) bond motifs is 1. The number of hydrogen-bond donors (Lipinski definition) is 0. The number of aryl methyl sites for hydroxylation is 2. The first kappa shape index (κ1) is 21.9. The maximum Gasteiger partial charge on any atom is 0.182 e. The third kappa shape index (κ3) is 4.71. The maximum absolute atomic E-state index is 6.15. The molecule has 34 heavy (non-hydrogen) atoms. The van der Waals surface area contributed by atoms with Crippen LogP contribution in [0.2, 0.25) is 0 Å². The Morgan fingerprint density at radius 1 is 0.941 bits per heavy atom. The molecular weight excluding hydrogens is 424 g/mol. The van der Waals surface area contributed by atoms with E-state index in [9.17, 15) is 0 Å². The fourth-order valence-electron chi connectivity index (χ4n) is 3.95. The molecule has 6 heteroatoms. The van der Waals surface area contributed by atoms with E-state index in [1.165, 1.54) is 11.1 Å². The summed E-state index contributed by atoms with van der Waals surface area (Å²) in [7, 11) is 0. The first-order valence-corrected chi connectivity index (χ1v) is 11.5. The molecule has 0 unspecified atom stereocenters. The van der Waals surface area contributed by atoms with E-state index in [4.69, 9.17) is 9.47 Å². The number of aromatic nitrogens is 4. The Hall–Kier alpha value is -3.93. The normalized spacial score (nSPS) is 14.1. The SMILES string of the molecule is CC1=Cc2cc(-c3nnnn3CCc3ccc(OCc4ccccc4)cc3)ccc2OC1(C)C. The van der Waals surface area contributed by atoms with Crippen molar-refractivity contribution in [2.45, 2.75) is 45.9 Å². The summed E-state index contributed by atoms with van der Waals surface area (Å²) in [6.07, 6.45) is 3.00. The molecule has 0 fully saturated rings. The summed E-state index contributed by atoms with van der Waals surface area (Å²) in [4.78, 5) is 0. The van der Waals surface area contributed by atoms with Crippen LogP contribution >= 0.6 is 0 Å². The van der Waals surface area contributed by atoms with Crippen LogP contribution in [-0.4, -0.2) is 25.8 Å².